The van der Waals surface area contributed by atoms with Gasteiger partial charge in [-0.3, -0.25) is 13.9 Å². The highest BCUT2D eigenvalue weighted by atomic mass is 16.7. The molecule has 4 rings (SSSR count). The van der Waals surface area contributed by atoms with E-state index in [1.54, 1.807) is 0 Å². The molecule has 0 spiro atoms. The van der Waals surface area contributed by atoms with Gasteiger partial charge in [-0.1, -0.05) is 0 Å². The second-order valence-electron chi connectivity index (χ2n) is 6.82. The SMILES string of the molecule is Cn1c(=O)c2c(ncn2Cc2nn(CCC3(C)OCCO3)c(=O)o2)n(C)c1=O. The van der Waals surface area contributed by atoms with Crippen LogP contribution in [0.1, 0.15) is 19.2 Å². The number of hydrogen-bond donors (Lipinski definition) is 0. The first-order chi connectivity index (χ1) is 13.3. The van der Waals surface area contributed by atoms with Crippen molar-refractivity contribution in [1.29, 1.82) is 0 Å². The smallest absolute Gasteiger partial charge is 0.390 e. The predicted molar refractivity (Wildman–Crippen MR) is 95.0 cm³/mol. The minimum Gasteiger partial charge on any atom is -0.390 e. The van der Waals surface area contributed by atoms with Crippen molar-refractivity contribution in [3.05, 3.63) is 43.6 Å². The first-order valence-corrected chi connectivity index (χ1v) is 8.75. The van der Waals surface area contributed by atoms with Crippen LogP contribution in [0.5, 0.6) is 0 Å². The topological polar surface area (TPSA) is 128 Å². The van der Waals surface area contributed by atoms with Crippen LogP contribution in [0.2, 0.25) is 0 Å². The molecule has 150 valence electrons. The predicted octanol–water partition coefficient (Wildman–Crippen LogP) is -1.22. The summed E-state index contributed by atoms with van der Waals surface area (Å²) < 4.78 is 21.2. The summed E-state index contributed by atoms with van der Waals surface area (Å²) >= 11 is 0. The van der Waals surface area contributed by atoms with Crippen LogP contribution < -0.4 is 17.0 Å². The van der Waals surface area contributed by atoms with Gasteiger partial charge in [-0.2, -0.15) is 4.68 Å². The van der Waals surface area contributed by atoms with E-state index >= 15 is 0 Å². The second-order valence-corrected chi connectivity index (χ2v) is 6.82. The molecule has 4 heterocycles. The molecule has 0 N–H and O–H groups in total. The third kappa shape index (κ3) is 2.99. The highest BCUT2D eigenvalue weighted by molar-refractivity contribution is 5.70. The van der Waals surface area contributed by atoms with E-state index in [9.17, 15) is 14.4 Å². The summed E-state index contributed by atoms with van der Waals surface area (Å²) in [4.78, 5) is 40.7. The third-order valence-corrected chi connectivity index (χ3v) is 4.85. The van der Waals surface area contributed by atoms with Crippen LogP contribution >= 0.6 is 0 Å². The van der Waals surface area contributed by atoms with Gasteiger partial charge >= 0.3 is 11.4 Å². The van der Waals surface area contributed by atoms with E-state index in [0.29, 0.717) is 19.6 Å². The van der Waals surface area contributed by atoms with Gasteiger partial charge < -0.3 is 18.5 Å². The summed E-state index contributed by atoms with van der Waals surface area (Å²) in [6.07, 6.45) is 1.85. The minimum atomic E-state index is -0.740. The van der Waals surface area contributed by atoms with Crippen molar-refractivity contribution in [2.24, 2.45) is 14.1 Å². The lowest BCUT2D eigenvalue weighted by Gasteiger charge is -2.21. The van der Waals surface area contributed by atoms with Crippen molar-refractivity contribution < 1.29 is 13.9 Å². The Labute approximate surface area is 157 Å². The molecule has 1 aliphatic rings. The number of rotatable bonds is 5. The number of nitrogens with zero attached hydrogens (tertiary/aromatic N) is 6. The molecule has 0 aliphatic carbocycles. The van der Waals surface area contributed by atoms with Crippen molar-refractivity contribution in [3.8, 4) is 0 Å². The summed E-state index contributed by atoms with van der Waals surface area (Å²) in [5, 5.41) is 4.18. The summed E-state index contributed by atoms with van der Waals surface area (Å²) in [6, 6.07) is 0. The van der Waals surface area contributed by atoms with E-state index in [1.807, 2.05) is 6.92 Å². The van der Waals surface area contributed by atoms with Crippen molar-refractivity contribution in [2.45, 2.75) is 32.2 Å². The highest BCUT2D eigenvalue weighted by Crippen LogP contribution is 2.22. The van der Waals surface area contributed by atoms with E-state index in [4.69, 9.17) is 13.9 Å². The zero-order valence-corrected chi connectivity index (χ0v) is 15.7. The number of aromatic nitrogens is 6. The highest BCUT2D eigenvalue weighted by Gasteiger charge is 2.31. The lowest BCUT2D eigenvalue weighted by Crippen LogP contribution is -2.37. The maximum Gasteiger partial charge on any atom is 0.437 e. The van der Waals surface area contributed by atoms with Gasteiger partial charge in [0.25, 0.3) is 5.56 Å². The van der Waals surface area contributed by atoms with Crippen LogP contribution in [0.3, 0.4) is 0 Å². The molecule has 1 aliphatic heterocycles. The molecule has 1 saturated heterocycles. The molecule has 12 heteroatoms. The molecule has 28 heavy (non-hydrogen) atoms. The first kappa shape index (κ1) is 18.4. The number of imidazole rings is 1. The van der Waals surface area contributed by atoms with Crippen LogP contribution in [-0.2, 0) is 36.7 Å². The fourth-order valence-electron chi connectivity index (χ4n) is 3.23. The molecule has 0 bridgehead atoms. The van der Waals surface area contributed by atoms with Gasteiger partial charge in [0.2, 0.25) is 5.89 Å². The molecule has 0 amide bonds. The quantitative estimate of drug-likeness (QED) is 0.529. The number of fused-ring (bicyclic) bond motifs is 1. The zero-order chi connectivity index (χ0) is 20.1. The average Bonchev–Trinajstić information content (AvgIpc) is 3.36. The Bertz CT molecular complexity index is 1210. The number of hydrogen-bond acceptors (Lipinski definition) is 8. The standard InChI is InChI=1S/C16H20N6O6/c1-16(26-6-7-27-16)4-5-22-15(25)28-10(18-22)8-21-9-17-12-11(21)13(23)20(3)14(24)19(12)2/h9H,4-8H2,1-3H3. The van der Waals surface area contributed by atoms with Crippen LogP contribution in [0.25, 0.3) is 11.2 Å². The summed E-state index contributed by atoms with van der Waals surface area (Å²) in [7, 11) is 2.92. The molecular weight excluding hydrogens is 372 g/mol. The van der Waals surface area contributed by atoms with Crippen molar-refractivity contribution in [1.82, 2.24) is 28.5 Å². The van der Waals surface area contributed by atoms with Crippen LogP contribution in [0, 0.1) is 0 Å². The Hall–Kier alpha value is -2.99. The molecule has 12 nitrogen and oxygen atoms in total. The van der Waals surface area contributed by atoms with Gasteiger partial charge in [-0.25, -0.2) is 14.6 Å². The van der Waals surface area contributed by atoms with E-state index in [-0.39, 0.29) is 30.1 Å². The Morgan fingerprint density at radius 1 is 1.14 bits per heavy atom. The van der Waals surface area contributed by atoms with E-state index < -0.39 is 22.8 Å². The molecule has 0 atom stereocenters. The molecule has 1 fully saturated rings. The van der Waals surface area contributed by atoms with Gasteiger partial charge in [-0.15, -0.1) is 5.10 Å². The van der Waals surface area contributed by atoms with E-state index in [0.717, 1.165) is 4.57 Å². The fourth-order valence-corrected chi connectivity index (χ4v) is 3.23. The van der Waals surface area contributed by atoms with E-state index in [1.165, 1.54) is 34.2 Å². The normalized spacial score (nSPS) is 16.2. The van der Waals surface area contributed by atoms with E-state index in [2.05, 4.69) is 10.1 Å². The lowest BCUT2D eigenvalue weighted by atomic mass is 10.2. The van der Waals surface area contributed by atoms with Gasteiger partial charge in [-0.05, 0) is 6.92 Å². The molecule has 0 unspecified atom stereocenters. The number of aryl methyl sites for hydroxylation is 2. The summed E-state index contributed by atoms with van der Waals surface area (Å²) in [5.74, 6) is -1.23. The largest absolute Gasteiger partial charge is 0.437 e. The van der Waals surface area contributed by atoms with Gasteiger partial charge in [0.05, 0.1) is 26.1 Å². The minimum absolute atomic E-state index is 0.0243. The molecular formula is C16H20N6O6. The average molecular weight is 392 g/mol. The number of ether oxygens (including phenoxy) is 2. The Balaban J connectivity index is 1.61. The van der Waals surface area contributed by atoms with Crippen molar-refractivity contribution >= 4 is 11.2 Å². The van der Waals surface area contributed by atoms with Crippen molar-refractivity contribution in [2.75, 3.05) is 13.2 Å². The maximum absolute atomic E-state index is 12.5. The summed E-state index contributed by atoms with van der Waals surface area (Å²) in [6.45, 7) is 3.13. The fraction of sp³-hybridized carbons (Fsp3) is 0.562. The molecule has 0 radical (unpaired) electrons. The van der Waals surface area contributed by atoms with Gasteiger partial charge in [0.1, 0.15) is 6.54 Å². The molecule has 0 saturated carbocycles. The zero-order valence-electron chi connectivity index (χ0n) is 15.7. The third-order valence-electron chi connectivity index (χ3n) is 4.85. The molecule has 3 aromatic rings. The molecule has 0 aromatic carbocycles. The molecule has 3 aromatic heterocycles. The Kier molecular flexibility index (Phi) is 4.31. The van der Waals surface area contributed by atoms with Crippen LogP contribution in [0.4, 0.5) is 0 Å². The first-order valence-electron chi connectivity index (χ1n) is 8.75. The van der Waals surface area contributed by atoms with Gasteiger partial charge in [0, 0.05) is 20.5 Å². The van der Waals surface area contributed by atoms with Crippen LogP contribution in [-0.4, -0.2) is 47.5 Å². The Morgan fingerprint density at radius 2 is 1.86 bits per heavy atom. The van der Waals surface area contributed by atoms with Crippen LogP contribution in [0.15, 0.2) is 25.1 Å². The van der Waals surface area contributed by atoms with Gasteiger partial charge in [0.15, 0.2) is 17.0 Å². The lowest BCUT2D eigenvalue weighted by molar-refractivity contribution is -0.149. The Morgan fingerprint density at radius 3 is 2.57 bits per heavy atom. The second kappa shape index (κ2) is 6.56. The monoisotopic (exact) mass is 392 g/mol. The van der Waals surface area contributed by atoms with Crippen molar-refractivity contribution in [3.63, 3.8) is 0 Å². The summed E-state index contributed by atoms with van der Waals surface area (Å²) in [5.41, 5.74) is -0.482. The maximum atomic E-state index is 12.5.